The molecule has 2 heterocycles. The number of nitrogens with zero attached hydrogens (tertiary/aromatic N) is 2. The molecule has 0 saturated carbocycles. The normalized spacial score (nSPS) is 10.6. The maximum absolute atomic E-state index is 9.37. The molecule has 10 nitrogen and oxygen atoms in total. The smallest absolute Gasteiger partial charge is 0.138 e. The predicted octanol–water partition coefficient (Wildman–Crippen LogP) is 6.88. The molecule has 205 valence electrons. The number of para-hydroxylation sites is 4. The number of hydrogen-bond acceptors (Lipinski definition) is 6. The van der Waals surface area contributed by atoms with Crippen LogP contribution in [0.1, 0.15) is 21.3 Å². The molecule has 0 spiro atoms. The van der Waals surface area contributed by atoms with E-state index in [-0.39, 0.29) is 7.43 Å². The average Bonchev–Trinajstić information content (AvgIpc) is 3.50. The number of aromatic amines is 2. The molecule has 0 atom stereocenters. The molecule has 5 aromatic rings. The van der Waals surface area contributed by atoms with Crippen molar-refractivity contribution in [2.24, 2.45) is 0 Å². The maximum Gasteiger partial charge on any atom is 0.138 e. The first-order valence-electron chi connectivity index (χ1n) is 10.4. The molecule has 4 N–H and O–H groups in total. The second kappa shape index (κ2) is 15.9. The van der Waals surface area contributed by atoms with E-state index in [0.29, 0.717) is 9.47 Å². The van der Waals surface area contributed by atoms with Crippen LogP contribution in [0.15, 0.2) is 72.8 Å². The topological polar surface area (TPSA) is 166 Å². The Hall–Kier alpha value is -1.54. The van der Waals surface area contributed by atoms with Crippen LogP contribution in [0.4, 0.5) is 0 Å². The molecule has 15 heteroatoms. The summed E-state index contributed by atoms with van der Waals surface area (Å²) in [4.78, 5) is 16.0. The van der Waals surface area contributed by atoms with Crippen LogP contribution in [-0.2, 0) is 27.8 Å². The van der Waals surface area contributed by atoms with Gasteiger partial charge in [0.1, 0.15) is 11.6 Å². The first-order valence-corrected chi connectivity index (χ1v) is 22.8. The van der Waals surface area contributed by atoms with E-state index in [9.17, 15) is 16.8 Å². The first kappa shape index (κ1) is 34.5. The predicted molar refractivity (Wildman–Crippen MR) is 166 cm³/mol. The van der Waals surface area contributed by atoms with Gasteiger partial charge in [0, 0.05) is 11.1 Å². The Morgan fingerprint density at radius 2 is 0.947 bits per heavy atom. The van der Waals surface area contributed by atoms with Crippen LogP contribution in [0.2, 0.25) is 0 Å². The zero-order valence-electron chi connectivity index (χ0n) is 19.4. The zero-order valence-corrected chi connectivity index (χ0v) is 26.7. The van der Waals surface area contributed by atoms with Crippen molar-refractivity contribution >= 4 is 80.3 Å². The Kier molecular flexibility index (Phi) is 14.4. The van der Waals surface area contributed by atoms with Crippen molar-refractivity contribution in [1.82, 2.24) is 19.9 Å². The van der Waals surface area contributed by atoms with Gasteiger partial charge in [-0.05, 0) is 24.3 Å². The fraction of sp³-hybridized carbons (Fsp3) is 0.130. The van der Waals surface area contributed by atoms with E-state index in [1.165, 1.54) is 0 Å². The summed E-state index contributed by atoms with van der Waals surface area (Å²) >= 11 is 4.74. The first-order chi connectivity index (χ1) is 17.5. The molecule has 5 rings (SSSR count). The van der Waals surface area contributed by atoms with Gasteiger partial charge in [-0.2, -0.15) is 16.8 Å². The van der Waals surface area contributed by atoms with Crippen molar-refractivity contribution in [3.63, 3.8) is 0 Å². The van der Waals surface area contributed by atoms with E-state index in [1.807, 2.05) is 62.4 Å². The quantitative estimate of drug-likeness (QED) is 0.0869. The number of benzene rings is 3. The standard InChI is InChI=1S/C20H14N4.C2H6.CH4.2HI.H2O6S2.V/c1-2-6-16-15(5-1)21-19(22-16)13-9-11-14(12-10-13)20-23-17-7-3-4-8-18(17)24-20;1-2;;;;1-7(2,3)8(4,5)6;/h1-12H,(H,21,22)(H,23,24);1-2H3;1H4;2*1H;(H,1,2,3)(H,4,5,6);/q;;;;;;+2/p-2. The number of nitrogens with one attached hydrogen (secondary N) is 2. The minimum absolute atomic E-state index is 0. The van der Waals surface area contributed by atoms with Crippen LogP contribution in [0.3, 0.4) is 0 Å². The summed E-state index contributed by atoms with van der Waals surface area (Å²) in [5.74, 6) is 1.76. The van der Waals surface area contributed by atoms with Gasteiger partial charge in [-0.25, -0.2) is 9.97 Å². The Balaban J connectivity index is 0.000000440. The number of hydrogen-bond donors (Lipinski definition) is 4. The number of halogens is 2. The van der Waals surface area contributed by atoms with Gasteiger partial charge in [0.05, 0.1) is 22.1 Å². The van der Waals surface area contributed by atoms with E-state index in [4.69, 9.17) is 9.11 Å². The minimum Gasteiger partial charge on any atom is -0.338 e. The molecule has 0 amide bonds. The van der Waals surface area contributed by atoms with E-state index in [0.717, 1.165) is 44.8 Å². The minimum atomic E-state index is -5.31. The number of rotatable bonds is 3. The van der Waals surface area contributed by atoms with E-state index in [1.54, 1.807) is 0 Å². The molecular formula is C23H26I2N4O6S2V. The van der Waals surface area contributed by atoms with Crippen LogP contribution in [0.25, 0.3) is 44.8 Å². The van der Waals surface area contributed by atoms with Crippen molar-refractivity contribution in [3.05, 3.63) is 72.8 Å². The van der Waals surface area contributed by atoms with Gasteiger partial charge < -0.3 is 9.97 Å². The van der Waals surface area contributed by atoms with Crippen LogP contribution in [0, 0.1) is 0 Å². The maximum atomic E-state index is 9.37. The van der Waals surface area contributed by atoms with E-state index < -0.39 is 18.3 Å². The Morgan fingerprint density at radius 1 is 0.658 bits per heavy atom. The van der Waals surface area contributed by atoms with E-state index in [2.05, 4.69) is 84.2 Å². The monoisotopic (exact) mass is 823 g/mol. The number of H-pyrrole nitrogens is 2. The van der Waals surface area contributed by atoms with Gasteiger partial charge in [0.2, 0.25) is 0 Å². The molecule has 3 aromatic carbocycles. The fourth-order valence-corrected chi connectivity index (χ4v) is 2.97. The molecule has 0 aliphatic heterocycles. The molecule has 0 unspecified atom stereocenters. The second-order valence-electron chi connectivity index (χ2n) is 6.70. The Bertz CT molecular complexity index is 1470. The van der Waals surface area contributed by atoms with Crippen molar-refractivity contribution < 1.29 is 35.4 Å². The van der Waals surface area contributed by atoms with E-state index >= 15 is 0 Å². The summed E-state index contributed by atoms with van der Waals surface area (Å²) < 4.78 is 52.5. The second-order valence-corrected chi connectivity index (χ2v) is 22.7. The van der Waals surface area contributed by atoms with Crippen LogP contribution in [0.5, 0.6) is 0 Å². The number of imidazole rings is 2. The summed E-state index contributed by atoms with van der Waals surface area (Å²) in [6.07, 6.45) is 0. The van der Waals surface area contributed by atoms with Gasteiger partial charge in [0.25, 0.3) is 0 Å². The van der Waals surface area contributed by atoms with Gasteiger partial charge >= 0.3 is 67.7 Å². The number of aromatic nitrogens is 4. The van der Waals surface area contributed by atoms with Crippen molar-refractivity contribution in [3.8, 4) is 22.8 Å². The molecular weight excluding hydrogens is 797 g/mol. The molecule has 0 bridgehead atoms. The molecule has 0 saturated heterocycles. The van der Waals surface area contributed by atoms with Crippen molar-refractivity contribution in [1.29, 1.82) is 0 Å². The molecule has 0 fully saturated rings. The molecule has 0 aliphatic carbocycles. The summed E-state index contributed by atoms with van der Waals surface area (Å²) in [5.41, 5.74) is 6.18. The van der Waals surface area contributed by atoms with Gasteiger partial charge in [-0.3, -0.25) is 9.11 Å². The van der Waals surface area contributed by atoms with Crippen LogP contribution < -0.4 is 0 Å². The largest absolute Gasteiger partial charge is 0.338 e. The molecule has 0 aliphatic rings. The van der Waals surface area contributed by atoms with Gasteiger partial charge in [-0.15, -0.1) is 0 Å². The van der Waals surface area contributed by atoms with Crippen molar-refractivity contribution in [2.75, 3.05) is 0 Å². The third-order valence-corrected chi connectivity index (χ3v) is 6.61. The van der Waals surface area contributed by atoms with Crippen LogP contribution >= 0.6 is 40.0 Å². The molecule has 2 aromatic heterocycles. The summed E-state index contributed by atoms with van der Waals surface area (Å²) in [5, 5.41) is 0. The summed E-state index contributed by atoms with van der Waals surface area (Å²) in [6, 6.07) is 24.4. The SMILES string of the molecule is C.CC.O=S(=O)(O)S(=O)(=O)O.[I][V][I].c1ccc2[nH]c(-c3ccc(-c4nc5ccccc5[nH]4)cc3)nc2c1. The Labute approximate surface area is 250 Å². The zero-order chi connectivity index (χ0) is 27.6. The number of fused-ring (bicyclic) bond motifs is 2. The summed E-state index contributed by atoms with van der Waals surface area (Å²) in [6.45, 7) is 4.00. The van der Waals surface area contributed by atoms with Gasteiger partial charge in [-0.1, -0.05) is 69.8 Å². The average molecular weight is 823 g/mol. The molecule has 38 heavy (non-hydrogen) atoms. The third-order valence-electron chi connectivity index (χ3n) is 4.48. The Morgan fingerprint density at radius 3 is 1.21 bits per heavy atom. The fourth-order valence-electron chi connectivity index (χ4n) is 2.97. The van der Waals surface area contributed by atoms with Gasteiger partial charge in [0.15, 0.2) is 0 Å². The van der Waals surface area contributed by atoms with Crippen LogP contribution in [-0.4, -0.2) is 45.9 Å². The van der Waals surface area contributed by atoms with Crippen molar-refractivity contribution in [2.45, 2.75) is 21.3 Å². The molecule has 0 radical (unpaired) electrons. The summed E-state index contributed by atoms with van der Waals surface area (Å²) in [7, 11) is -10.00. The third kappa shape index (κ3) is 9.58.